The summed E-state index contributed by atoms with van der Waals surface area (Å²) in [6.07, 6.45) is -20.5. The lowest BCUT2D eigenvalue weighted by molar-refractivity contribution is -0.474. The molecule has 0 spiro atoms. The van der Waals surface area contributed by atoms with Crippen LogP contribution in [0.4, 0.5) is 48.3 Å². The van der Waals surface area contributed by atoms with Gasteiger partial charge in [0.1, 0.15) is 5.75 Å². The first-order chi connectivity index (χ1) is 14.8. The van der Waals surface area contributed by atoms with Gasteiger partial charge in [-0.1, -0.05) is 46.8 Å². The van der Waals surface area contributed by atoms with E-state index in [2.05, 4.69) is 9.47 Å². The van der Waals surface area contributed by atoms with Gasteiger partial charge in [0.2, 0.25) is 0 Å². The number of halogens is 11. The van der Waals surface area contributed by atoms with Gasteiger partial charge in [-0.25, -0.2) is 4.79 Å². The van der Waals surface area contributed by atoms with Gasteiger partial charge in [0, 0.05) is 0 Å². The molecule has 0 bridgehead atoms. The van der Waals surface area contributed by atoms with Crippen LogP contribution in [0.1, 0.15) is 46.6 Å². The van der Waals surface area contributed by atoms with Crippen LogP contribution in [0, 0.1) is 5.41 Å². The number of ether oxygens (including phenoxy) is 2. The van der Waals surface area contributed by atoms with Crippen molar-refractivity contribution >= 4 is 5.97 Å². The molecule has 3 nitrogen and oxygen atoms in total. The Morgan fingerprint density at radius 2 is 1.18 bits per heavy atom. The fourth-order valence-electron chi connectivity index (χ4n) is 3.20. The molecule has 0 amide bonds. The van der Waals surface area contributed by atoms with Crippen LogP contribution >= 0.6 is 0 Å². The van der Waals surface area contributed by atoms with Crippen LogP contribution in [-0.4, -0.2) is 36.2 Å². The fraction of sp³-hybridized carbons (Fsp3) is 0.650. The van der Waals surface area contributed by atoms with Crippen molar-refractivity contribution < 1.29 is 62.6 Å². The first-order valence-corrected chi connectivity index (χ1v) is 9.38. The van der Waals surface area contributed by atoms with Crippen molar-refractivity contribution in [3.63, 3.8) is 0 Å². The molecule has 0 N–H and O–H groups in total. The fourth-order valence-corrected chi connectivity index (χ4v) is 3.20. The quantitative estimate of drug-likeness (QED) is 0.215. The van der Waals surface area contributed by atoms with E-state index in [0.29, 0.717) is 12.0 Å². The largest absolute Gasteiger partial charge is 0.462 e. The SMILES string of the molecule is CC(C)(C)CC(C)(C)c1ccc(OC(=O)[C@](F)(OC(F)(F)C(F)(F)C(F)(F)F)C(F)(F)F)cc1. The molecule has 0 aromatic heterocycles. The minimum absolute atomic E-state index is 0.157. The van der Waals surface area contributed by atoms with Crippen molar-refractivity contribution in [3.8, 4) is 5.75 Å². The van der Waals surface area contributed by atoms with Crippen molar-refractivity contribution in [2.75, 3.05) is 0 Å². The van der Waals surface area contributed by atoms with Gasteiger partial charge in [-0.05, 0) is 34.9 Å². The predicted octanol–water partition coefficient (Wildman–Crippen LogP) is 7.34. The lowest BCUT2D eigenvalue weighted by atomic mass is 9.72. The molecule has 0 unspecified atom stereocenters. The monoisotopic (exact) mass is 518 g/mol. The number of esters is 1. The van der Waals surface area contributed by atoms with Gasteiger partial charge in [-0.15, -0.1) is 0 Å². The molecule has 0 aliphatic carbocycles. The molecule has 1 atom stereocenters. The van der Waals surface area contributed by atoms with E-state index in [0.717, 1.165) is 12.1 Å². The van der Waals surface area contributed by atoms with Crippen LogP contribution in [-0.2, 0) is 14.9 Å². The number of benzene rings is 1. The summed E-state index contributed by atoms with van der Waals surface area (Å²) in [6, 6.07) is 4.23. The van der Waals surface area contributed by atoms with Crippen LogP contribution in [0.3, 0.4) is 0 Å². The molecular formula is C20H21F11O3. The maximum atomic E-state index is 14.2. The molecule has 0 radical (unpaired) electrons. The number of hydrogen-bond donors (Lipinski definition) is 0. The predicted molar refractivity (Wildman–Crippen MR) is 96.1 cm³/mol. The van der Waals surface area contributed by atoms with Crippen LogP contribution in [0.25, 0.3) is 0 Å². The molecule has 1 rings (SSSR count). The number of carbonyl (C=O) groups excluding carboxylic acids is 1. The zero-order valence-electron chi connectivity index (χ0n) is 18.4. The third-order valence-corrected chi connectivity index (χ3v) is 4.44. The van der Waals surface area contributed by atoms with Gasteiger partial charge in [0.25, 0.3) is 0 Å². The number of rotatable bonds is 7. The van der Waals surface area contributed by atoms with Gasteiger partial charge >= 0.3 is 36.2 Å². The highest BCUT2D eigenvalue weighted by Gasteiger charge is 2.80. The molecule has 0 aliphatic rings. The summed E-state index contributed by atoms with van der Waals surface area (Å²) in [7, 11) is 0. The summed E-state index contributed by atoms with van der Waals surface area (Å²) >= 11 is 0. The highest BCUT2D eigenvalue weighted by Crippen LogP contribution is 2.51. The lowest BCUT2D eigenvalue weighted by Gasteiger charge is -2.34. The maximum Gasteiger partial charge on any atom is 0.462 e. The van der Waals surface area contributed by atoms with E-state index in [9.17, 15) is 53.1 Å². The standard InChI is InChI=1S/C20H21F11O3/c1-14(2,3)10-15(4,5)11-6-8-12(9-7-11)33-13(32)16(21,18(24,25)26)34-20(30,31)17(22,23)19(27,28)29/h6-9H,10H2,1-5H3/t16-/m0/s1. The van der Waals surface area contributed by atoms with Crippen molar-refractivity contribution in [2.24, 2.45) is 5.41 Å². The Kier molecular flexibility index (Phi) is 7.77. The van der Waals surface area contributed by atoms with Gasteiger partial charge < -0.3 is 4.74 Å². The Balaban J connectivity index is 3.25. The molecule has 34 heavy (non-hydrogen) atoms. The highest BCUT2D eigenvalue weighted by atomic mass is 19.4. The lowest BCUT2D eigenvalue weighted by Crippen LogP contribution is -2.62. The Labute approximate surface area is 187 Å². The van der Waals surface area contributed by atoms with Crippen molar-refractivity contribution in [1.29, 1.82) is 0 Å². The second-order valence-electron chi connectivity index (χ2n) is 9.32. The van der Waals surface area contributed by atoms with Gasteiger partial charge in [-0.3, -0.25) is 4.74 Å². The molecule has 14 heteroatoms. The van der Waals surface area contributed by atoms with Crippen molar-refractivity contribution in [2.45, 2.75) is 76.7 Å². The molecule has 0 saturated heterocycles. The molecule has 0 heterocycles. The third-order valence-electron chi connectivity index (χ3n) is 4.44. The Morgan fingerprint density at radius 1 is 0.735 bits per heavy atom. The van der Waals surface area contributed by atoms with Crippen LogP contribution in [0.2, 0.25) is 0 Å². The zero-order valence-corrected chi connectivity index (χ0v) is 18.4. The summed E-state index contributed by atoms with van der Waals surface area (Å²) < 4.78 is 148. The summed E-state index contributed by atoms with van der Waals surface area (Å²) in [5.74, 6) is -17.8. The third kappa shape index (κ3) is 6.30. The zero-order chi connectivity index (χ0) is 27.2. The minimum Gasteiger partial charge on any atom is -0.422 e. The highest BCUT2D eigenvalue weighted by molar-refractivity contribution is 5.81. The summed E-state index contributed by atoms with van der Waals surface area (Å²) in [6.45, 7) is 9.42. The Bertz CT molecular complexity index is 866. The molecule has 196 valence electrons. The van der Waals surface area contributed by atoms with Gasteiger partial charge in [0.15, 0.2) is 0 Å². The molecule has 0 saturated carbocycles. The van der Waals surface area contributed by atoms with Crippen LogP contribution in [0.15, 0.2) is 24.3 Å². The van der Waals surface area contributed by atoms with Crippen LogP contribution < -0.4 is 4.74 Å². The van der Waals surface area contributed by atoms with Gasteiger partial charge in [-0.2, -0.15) is 48.3 Å². The van der Waals surface area contributed by atoms with E-state index >= 15 is 0 Å². The van der Waals surface area contributed by atoms with E-state index < -0.39 is 47.4 Å². The topological polar surface area (TPSA) is 35.5 Å². The van der Waals surface area contributed by atoms with E-state index in [4.69, 9.17) is 0 Å². The first-order valence-electron chi connectivity index (χ1n) is 9.38. The smallest absolute Gasteiger partial charge is 0.422 e. The summed E-state index contributed by atoms with van der Waals surface area (Å²) in [4.78, 5) is 11.7. The van der Waals surface area contributed by atoms with E-state index in [1.807, 2.05) is 34.6 Å². The summed E-state index contributed by atoms with van der Waals surface area (Å²) in [5, 5.41) is 0. The molecule has 0 fully saturated rings. The van der Waals surface area contributed by atoms with Gasteiger partial charge in [0.05, 0.1) is 0 Å². The maximum absolute atomic E-state index is 14.2. The first kappa shape index (κ1) is 29.9. The second kappa shape index (κ2) is 8.83. The average molecular weight is 518 g/mol. The number of carbonyl (C=O) groups is 1. The normalized spacial score (nSPS) is 16.2. The average Bonchev–Trinajstić information content (AvgIpc) is 2.57. The molecule has 0 aliphatic heterocycles. The molecule has 1 aromatic carbocycles. The Hall–Kier alpha value is -2.12. The van der Waals surface area contributed by atoms with Crippen molar-refractivity contribution in [3.05, 3.63) is 29.8 Å². The Morgan fingerprint density at radius 3 is 1.53 bits per heavy atom. The second-order valence-corrected chi connectivity index (χ2v) is 9.32. The number of hydrogen-bond acceptors (Lipinski definition) is 3. The summed E-state index contributed by atoms with van der Waals surface area (Å²) in [5.41, 5.74) is -0.0848. The number of alkyl halides is 11. The van der Waals surface area contributed by atoms with Crippen LogP contribution in [0.5, 0.6) is 5.75 Å². The molecular weight excluding hydrogens is 497 g/mol. The van der Waals surface area contributed by atoms with E-state index in [1.54, 1.807) is 0 Å². The van der Waals surface area contributed by atoms with E-state index in [1.165, 1.54) is 12.1 Å². The molecule has 1 aromatic rings. The van der Waals surface area contributed by atoms with E-state index in [-0.39, 0.29) is 5.41 Å². The van der Waals surface area contributed by atoms with Crippen molar-refractivity contribution in [1.82, 2.24) is 0 Å². The minimum atomic E-state index is -7.27.